The van der Waals surface area contributed by atoms with Crippen LogP contribution in [0.25, 0.3) is 0 Å². The highest BCUT2D eigenvalue weighted by Crippen LogP contribution is 2.11. The van der Waals surface area contributed by atoms with Gasteiger partial charge in [0.1, 0.15) is 6.04 Å². The van der Waals surface area contributed by atoms with Crippen molar-refractivity contribution in [2.75, 3.05) is 26.0 Å². The Hall–Kier alpha value is -2.12. The SMILES string of the molecule is CN(C)CCCCC(NC(=O)O)C(=O)Nc1ccc(CO)cc1. The Bertz CT molecular complexity index is 503. The minimum atomic E-state index is -1.21. The molecule has 0 heterocycles. The molecule has 0 saturated carbocycles. The maximum absolute atomic E-state index is 12.2. The lowest BCUT2D eigenvalue weighted by Gasteiger charge is -2.17. The van der Waals surface area contributed by atoms with Gasteiger partial charge in [-0.15, -0.1) is 0 Å². The third-order valence-corrected chi connectivity index (χ3v) is 3.37. The second-order valence-corrected chi connectivity index (χ2v) is 5.65. The van der Waals surface area contributed by atoms with Gasteiger partial charge in [0, 0.05) is 5.69 Å². The molecule has 4 N–H and O–H groups in total. The number of carboxylic acid groups (broad SMARTS) is 1. The van der Waals surface area contributed by atoms with Gasteiger partial charge in [0.2, 0.25) is 5.91 Å². The molecule has 1 atom stereocenters. The van der Waals surface area contributed by atoms with Gasteiger partial charge in [0.25, 0.3) is 0 Å². The van der Waals surface area contributed by atoms with Crippen molar-refractivity contribution in [2.45, 2.75) is 31.9 Å². The summed E-state index contributed by atoms with van der Waals surface area (Å²) in [6, 6.07) is 5.96. The summed E-state index contributed by atoms with van der Waals surface area (Å²) < 4.78 is 0. The van der Waals surface area contributed by atoms with Gasteiger partial charge in [0.05, 0.1) is 6.61 Å². The number of hydrogen-bond donors (Lipinski definition) is 4. The van der Waals surface area contributed by atoms with E-state index in [-0.39, 0.29) is 12.5 Å². The highest BCUT2D eigenvalue weighted by atomic mass is 16.4. The fourth-order valence-corrected chi connectivity index (χ4v) is 2.12. The van der Waals surface area contributed by atoms with Crippen molar-refractivity contribution in [1.29, 1.82) is 0 Å². The van der Waals surface area contributed by atoms with Gasteiger partial charge in [-0.2, -0.15) is 0 Å². The first-order chi connectivity index (χ1) is 10.9. The van der Waals surface area contributed by atoms with Gasteiger partial charge >= 0.3 is 6.09 Å². The number of anilines is 1. The molecule has 1 rings (SSSR count). The van der Waals surface area contributed by atoms with Crippen LogP contribution < -0.4 is 10.6 Å². The van der Waals surface area contributed by atoms with Gasteiger partial charge in [-0.3, -0.25) is 4.79 Å². The fraction of sp³-hybridized carbons (Fsp3) is 0.500. The third kappa shape index (κ3) is 7.62. The average Bonchev–Trinajstić information content (AvgIpc) is 2.50. The molecule has 0 aliphatic rings. The summed E-state index contributed by atoms with van der Waals surface area (Å²) in [6.07, 6.45) is 0.873. The zero-order valence-corrected chi connectivity index (χ0v) is 13.6. The molecular weight excluding hydrogens is 298 g/mol. The number of unbranched alkanes of at least 4 members (excludes halogenated alkanes) is 1. The number of nitrogens with one attached hydrogen (secondary N) is 2. The summed E-state index contributed by atoms with van der Waals surface area (Å²) in [5, 5.41) is 22.8. The van der Waals surface area contributed by atoms with E-state index in [1.165, 1.54) is 0 Å². The Balaban J connectivity index is 2.57. The van der Waals surface area contributed by atoms with E-state index in [0.717, 1.165) is 24.9 Å². The van der Waals surface area contributed by atoms with Crippen LogP contribution >= 0.6 is 0 Å². The van der Waals surface area contributed by atoms with Gasteiger partial charge in [-0.25, -0.2) is 4.79 Å². The second kappa shape index (κ2) is 9.81. The van der Waals surface area contributed by atoms with Crippen molar-refractivity contribution in [1.82, 2.24) is 10.2 Å². The lowest BCUT2D eigenvalue weighted by molar-refractivity contribution is -0.118. The van der Waals surface area contributed by atoms with E-state index < -0.39 is 12.1 Å². The number of nitrogens with zero attached hydrogens (tertiary/aromatic N) is 1. The Morgan fingerprint density at radius 1 is 1.17 bits per heavy atom. The van der Waals surface area contributed by atoms with Crippen LogP contribution in [0, 0.1) is 0 Å². The maximum atomic E-state index is 12.2. The van der Waals surface area contributed by atoms with Crippen molar-refractivity contribution in [3.8, 4) is 0 Å². The zero-order chi connectivity index (χ0) is 17.2. The van der Waals surface area contributed by atoms with E-state index in [9.17, 15) is 9.59 Å². The van der Waals surface area contributed by atoms with Crippen molar-refractivity contribution in [3.63, 3.8) is 0 Å². The second-order valence-electron chi connectivity index (χ2n) is 5.65. The van der Waals surface area contributed by atoms with Crippen LogP contribution in [0.2, 0.25) is 0 Å². The van der Waals surface area contributed by atoms with Crippen molar-refractivity contribution in [3.05, 3.63) is 29.8 Å². The smallest absolute Gasteiger partial charge is 0.405 e. The van der Waals surface area contributed by atoms with Crippen molar-refractivity contribution >= 4 is 17.7 Å². The maximum Gasteiger partial charge on any atom is 0.405 e. The summed E-state index contributed by atoms with van der Waals surface area (Å²) in [4.78, 5) is 25.1. The topological polar surface area (TPSA) is 102 Å². The van der Waals surface area contributed by atoms with Gasteiger partial charge in [0.15, 0.2) is 0 Å². The van der Waals surface area contributed by atoms with Crippen LogP contribution in [0.3, 0.4) is 0 Å². The molecular formula is C16H25N3O4. The highest BCUT2D eigenvalue weighted by Gasteiger charge is 2.20. The monoisotopic (exact) mass is 323 g/mol. The number of amides is 2. The van der Waals surface area contributed by atoms with Crippen molar-refractivity contribution < 1.29 is 19.8 Å². The number of rotatable bonds is 9. The number of carbonyl (C=O) groups excluding carboxylic acids is 1. The standard InChI is InChI=1S/C16H25N3O4/c1-19(2)10-4-3-5-14(18-16(22)23)15(21)17-13-8-6-12(11-20)7-9-13/h6-9,14,18,20H,3-5,10-11H2,1-2H3,(H,17,21)(H,22,23). The third-order valence-electron chi connectivity index (χ3n) is 3.37. The Kier molecular flexibility index (Phi) is 8.07. The molecule has 1 unspecified atom stereocenters. The first-order valence-corrected chi connectivity index (χ1v) is 7.57. The number of aliphatic hydroxyl groups is 1. The normalized spacial score (nSPS) is 12.0. The molecule has 2 amide bonds. The lowest BCUT2D eigenvalue weighted by atomic mass is 10.1. The molecule has 1 aromatic rings. The summed E-state index contributed by atoms with van der Waals surface area (Å²) in [6.45, 7) is 0.827. The molecule has 0 aliphatic carbocycles. The molecule has 1 aromatic carbocycles. The Labute approximate surface area is 136 Å². The number of aliphatic hydroxyl groups excluding tert-OH is 1. The summed E-state index contributed by atoms with van der Waals surface area (Å²) in [7, 11) is 3.94. The molecule has 0 fully saturated rings. The molecule has 0 bridgehead atoms. The average molecular weight is 323 g/mol. The van der Waals surface area contributed by atoms with Gasteiger partial charge in [-0.1, -0.05) is 12.1 Å². The molecule has 128 valence electrons. The quantitative estimate of drug-likeness (QED) is 0.516. The molecule has 0 spiro atoms. The molecule has 0 saturated heterocycles. The van der Waals surface area contributed by atoms with Crippen LogP contribution in [0.5, 0.6) is 0 Å². The van der Waals surface area contributed by atoms with Crippen molar-refractivity contribution in [2.24, 2.45) is 0 Å². The summed E-state index contributed by atoms with van der Waals surface area (Å²) in [5.74, 6) is -0.381. The van der Waals surface area contributed by atoms with E-state index in [4.69, 9.17) is 10.2 Å². The molecule has 7 heteroatoms. The Morgan fingerprint density at radius 3 is 2.35 bits per heavy atom. The van der Waals surface area contributed by atoms with E-state index in [1.807, 2.05) is 19.0 Å². The van der Waals surface area contributed by atoms with Gasteiger partial charge in [-0.05, 0) is 57.6 Å². The molecule has 0 radical (unpaired) electrons. The zero-order valence-electron chi connectivity index (χ0n) is 13.6. The van der Waals surface area contributed by atoms with E-state index in [1.54, 1.807) is 24.3 Å². The van der Waals surface area contributed by atoms with Crippen LogP contribution in [0.4, 0.5) is 10.5 Å². The first kappa shape index (κ1) is 18.9. The number of benzene rings is 1. The largest absolute Gasteiger partial charge is 0.465 e. The fourth-order valence-electron chi connectivity index (χ4n) is 2.12. The predicted molar refractivity (Wildman–Crippen MR) is 88.3 cm³/mol. The van der Waals surface area contributed by atoms with Crippen LogP contribution in [-0.2, 0) is 11.4 Å². The van der Waals surface area contributed by atoms with Crippen LogP contribution in [0.1, 0.15) is 24.8 Å². The molecule has 7 nitrogen and oxygen atoms in total. The molecule has 23 heavy (non-hydrogen) atoms. The molecule has 0 aliphatic heterocycles. The summed E-state index contributed by atoms with van der Waals surface area (Å²) in [5.41, 5.74) is 1.31. The van der Waals surface area contributed by atoms with E-state index >= 15 is 0 Å². The molecule has 0 aromatic heterocycles. The van der Waals surface area contributed by atoms with Crippen LogP contribution in [-0.4, -0.2) is 53.8 Å². The number of hydrogen-bond acceptors (Lipinski definition) is 4. The lowest BCUT2D eigenvalue weighted by Crippen LogP contribution is -2.43. The minimum absolute atomic E-state index is 0.0662. The van der Waals surface area contributed by atoms with E-state index in [2.05, 4.69) is 10.6 Å². The van der Waals surface area contributed by atoms with E-state index in [0.29, 0.717) is 12.1 Å². The first-order valence-electron chi connectivity index (χ1n) is 7.57. The van der Waals surface area contributed by atoms with Gasteiger partial charge < -0.3 is 25.7 Å². The van der Waals surface area contributed by atoms with Crippen LogP contribution in [0.15, 0.2) is 24.3 Å². The summed E-state index contributed by atoms with van der Waals surface area (Å²) >= 11 is 0. The highest BCUT2D eigenvalue weighted by molar-refractivity contribution is 5.96. The Morgan fingerprint density at radius 2 is 1.83 bits per heavy atom. The predicted octanol–water partition coefficient (Wildman–Crippen LogP) is 1.49. The minimum Gasteiger partial charge on any atom is -0.465 e. The number of carbonyl (C=O) groups is 2.